The van der Waals surface area contributed by atoms with Crippen LogP contribution in [-0.2, 0) is 0 Å². The maximum absolute atomic E-state index is 13.0. The fourth-order valence-electron chi connectivity index (χ4n) is 0.851. The minimum absolute atomic E-state index is 0.143. The molecule has 0 saturated carbocycles. The first-order valence-electron chi connectivity index (χ1n) is 3.62. The summed E-state index contributed by atoms with van der Waals surface area (Å²) in [6.45, 7) is 2.17. The normalized spacial score (nSPS) is 9.83. The van der Waals surface area contributed by atoms with Crippen LogP contribution in [-0.4, -0.2) is 6.61 Å². The van der Waals surface area contributed by atoms with Gasteiger partial charge in [0.25, 0.3) is 0 Å². The van der Waals surface area contributed by atoms with Gasteiger partial charge in [0.15, 0.2) is 11.6 Å². The molecule has 0 heterocycles. The average Bonchev–Trinajstić information content (AvgIpc) is 2.01. The molecule has 1 aromatic carbocycles. The van der Waals surface area contributed by atoms with Crippen LogP contribution in [0, 0.1) is 5.82 Å². The number of ether oxygens (including phenoxy) is 1. The smallest absolute Gasteiger partial charge is 0.167 e. The summed E-state index contributed by atoms with van der Waals surface area (Å²) in [4.78, 5) is 0. The number of hydrogen-bond donors (Lipinski definition) is 2. The molecule has 0 atom stereocenters. The van der Waals surface area contributed by atoms with Crippen LogP contribution in [0.3, 0.4) is 0 Å². The zero-order valence-electron chi connectivity index (χ0n) is 6.80. The molecule has 0 unspecified atom stereocenters. The number of nitrogen functional groups attached to an aromatic ring is 2. The third-order valence-corrected chi connectivity index (χ3v) is 1.44. The summed E-state index contributed by atoms with van der Waals surface area (Å²) in [6, 6.07) is 2.54. The molecule has 66 valence electrons. The van der Waals surface area contributed by atoms with Gasteiger partial charge in [0, 0.05) is 12.1 Å². The molecular formula is C8H11FN2O. The first kappa shape index (κ1) is 8.64. The SMILES string of the molecule is CCOc1cc(N)c(N)cc1F. The Hall–Kier alpha value is -1.45. The number of hydrogen-bond acceptors (Lipinski definition) is 3. The molecule has 0 aliphatic heterocycles. The molecule has 12 heavy (non-hydrogen) atoms. The second-order valence-corrected chi connectivity index (χ2v) is 2.34. The Kier molecular flexibility index (Phi) is 2.38. The molecule has 0 amide bonds. The minimum atomic E-state index is -0.483. The van der Waals surface area contributed by atoms with Gasteiger partial charge in [-0.1, -0.05) is 0 Å². The van der Waals surface area contributed by atoms with Crippen molar-refractivity contribution in [2.75, 3.05) is 18.1 Å². The van der Waals surface area contributed by atoms with Gasteiger partial charge in [-0.25, -0.2) is 4.39 Å². The van der Waals surface area contributed by atoms with E-state index in [9.17, 15) is 4.39 Å². The minimum Gasteiger partial charge on any atom is -0.491 e. The lowest BCUT2D eigenvalue weighted by Crippen LogP contribution is -2.00. The van der Waals surface area contributed by atoms with Crippen molar-refractivity contribution < 1.29 is 9.13 Å². The van der Waals surface area contributed by atoms with E-state index >= 15 is 0 Å². The van der Waals surface area contributed by atoms with Gasteiger partial charge in [-0.15, -0.1) is 0 Å². The molecule has 4 heteroatoms. The largest absolute Gasteiger partial charge is 0.491 e. The summed E-state index contributed by atoms with van der Waals surface area (Å²) < 4.78 is 17.9. The molecule has 0 aromatic heterocycles. The Bertz CT molecular complexity index is 289. The van der Waals surface area contributed by atoms with Crippen LogP contribution >= 0.6 is 0 Å². The highest BCUT2D eigenvalue weighted by Crippen LogP contribution is 2.25. The lowest BCUT2D eigenvalue weighted by Gasteiger charge is -2.06. The predicted octanol–water partition coefficient (Wildman–Crippen LogP) is 1.39. The molecule has 0 aliphatic carbocycles. The molecule has 0 fully saturated rings. The van der Waals surface area contributed by atoms with E-state index in [2.05, 4.69) is 0 Å². The molecule has 4 N–H and O–H groups in total. The van der Waals surface area contributed by atoms with Crippen molar-refractivity contribution in [3.8, 4) is 5.75 Å². The first-order valence-corrected chi connectivity index (χ1v) is 3.62. The van der Waals surface area contributed by atoms with Gasteiger partial charge < -0.3 is 16.2 Å². The maximum atomic E-state index is 13.0. The summed E-state index contributed by atoms with van der Waals surface area (Å²) in [5, 5.41) is 0. The van der Waals surface area contributed by atoms with Crippen molar-refractivity contribution in [1.82, 2.24) is 0 Å². The zero-order valence-corrected chi connectivity index (χ0v) is 6.80. The molecule has 1 aromatic rings. The fraction of sp³-hybridized carbons (Fsp3) is 0.250. The predicted molar refractivity (Wildman–Crippen MR) is 46.4 cm³/mol. The van der Waals surface area contributed by atoms with Crippen molar-refractivity contribution in [3.05, 3.63) is 17.9 Å². The monoisotopic (exact) mass is 170 g/mol. The van der Waals surface area contributed by atoms with Gasteiger partial charge in [0.2, 0.25) is 0 Å². The second kappa shape index (κ2) is 3.30. The van der Waals surface area contributed by atoms with E-state index in [1.165, 1.54) is 6.07 Å². The van der Waals surface area contributed by atoms with Crippen LogP contribution in [0.2, 0.25) is 0 Å². The summed E-state index contributed by atoms with van der Waals surface area (Å²) in [6.07, 6.45) is 0. The Balaban J connectivity index is 3.05. The van der Waals surface area contributed by atoms with Gasteiger partial charge in [-0.3, -0.25) is 0 Å². The average molecular weight is 170 g/mol. The van der Waals surface area contributed by atoms with E-state index < -0.39 is 5.82 Å². The lowest BCUT2D eigenvalue weighted by molar-refractivity contribution is 0.322. The third-order valence-electron chi connectivity index (χ3n) is 1.44. The molecular weight excluding hydrogens is 159 g/mol. The zero-order chi connectivity index (χ0) is 9.14. The van der Waals surface area contributed by atoms with E-state index in [1.807, 2.05) is 0 Å². The lowest BCUT2D eigenvalue weighted by atomic mass is 10.2. The van der Waals surface area contributed by atoms with Crippen molar-refractivity contribution in [2.45, 2.75) is 6.92 Å². The third kappa shape index (κ3) is 1.58. The second-order valence-electron chi connectivity index (χ2n) is 2.34. The van der Waals surface area contributed by atoms with Gasteiger partial charge in [-0.2, -0.15) is 0 Å². The molecule has 0 radical (unpaired) electrons. The molecule has 3 nitrogen and oxygen atoms in total. The molecule has 0 aliphatic rings. The fourth-order valence-corrected chi connectivity index (χ4v) is 0.851. The Morgan fingerprint density at radius 3 is 2.50 bits per heavy atom. The van der Waals surface area contributed by atoms with Crippen molar-refractivity contribution in [2.24, 2.45) is 0 Å². The highest BCUT2D eigenvalue weighted by Gasteiger charge is 2.05. The van der Waals surface area contributed by atoms with Crippen molar-refractivity contribution in [1.29, 1.82) is 0 Å². The highest BCUT2D eigenvalue weighted by molar-refractivity contribution is 5.65. The van der Waals surface area contributed by atoms with Crippen LogP contribution in [0.25, 0.3) is 0 Å². The van der Waals surface area contributed by atoms with E-state index in [0.29, 0.717) is 12.3 Å². The van der Waals surface area contributed by atoms with Gasteiger partial charge in [0.05, 0.1) is 18.0 Å². The molecule has 1 rings (SSSR count). The van der Waals surface area contributed by atoms with Crippen molar-refractivity contribution >= 4 is 11.4 Å². The van der Waals surface area contributed by atoms with Crippen LogP contribution in [0.4, 0.5) is 15.8 Å². The van der Waals surface area contributed by atoms with Crippen LogP contribution in [0.1, 0.15) is 6.92 Å². The first-order chi connectivity index (χ1) is 5.65. The summed E-state index contributed by atoms with van der Waals surface area (Å²) in [5.74, 6) is -0.340. The Morgan fingerprint density at radius 1 is 1.33 bits per heavy atom. The van der Waals surface area contributed by atoms with Gasteiger partial charge >= 0.3 is 0 Å². The molecule has 0 saturated heterocycles. The molecule has 0 spiro atoms. The maximum Gasteiger partial charge on any atom is 0.167 e. The topological polar surface area (TPSA) is 61.3 Å². The van der Waals surface area contributed by atoms with Crippen molar-refractivity contribution in [3.63, 3.8) is 0 Å². The highest BCUT2D eigenvalue weighted by atomic mass is 19.1. The van der Waals surface area contributed by atoms with Crippen LogP contribution in [0.5, 0.6) is 5.75 Å². The summed E-state index contributed by atoms with van der Waals surface area (Å²) in [7, 11) is 0. The van der Waals surface area contributed by atoms with E-state index in [4.69, 9.17) is 16.2 Å². The number of anilines is 2. The number of nitrogens with two attached hydrogens (primary N) is 2. The van der Waals surface area contributed by atoms with E-state index in [0.717, 1.165) is 6.07 Å². The van der Waals surface area contributed by atoms with E-state index in [1.54, 1.807) is 6.92 Å². The summed E-state index contributed by atoms with van der Waals surface area (Å²) >= 11 is 0. The quantitative estimate of drug-likeness (QED) is 0.659. The standard InChI is InChI=1S/C8H11FN2O/c1-2-12-8-4-7(11)6(10)3-5(8)9/h3-4H,2,10-11H2,1H3. The van der Waals surface area contributed by atoms with Gasteiger partial charge in [-0.05, 0) is 6.92 Å². The Labute approximate surface area is 70.1 Å². The van der Waals surface area contributed by atoms with E-state index in [-0.39, 0.29) is 11.4 Å². The number of rotatable bonds is 2. The number of benzene rings is 1. The molecule has 0 bridgehead atoms. The number of halogens is 1. The van der Waals surface area contributed by atoms with Crippen LogP contribution in [0.15, 0.2) is 12.1 Å². The van der Waals surface area contributed by atoms with Gasteiger partial charge in [0.1, 0.15) is 0 Å². The Morgan fingerprint density at radius 2 is 1.92 bits per heavy atom. The summed E-state index contributed by atoms with van der Waals surface area (Å²) in [5.41, 5.74) is 11.4. The van der Waals surface area contributed by atoms with Crippen LogP contribution < -0.4 is 16.2 Å².